The van der Waals surface area contributed by atoms with Gasteiger partial charge in [0.15, 0.2) is 0 Å². The van der Waals surface area contributed by atoms with Crippen molar-refractivity contribution in [3.8, 4) is 0 Å². The summed E-state index contributed by atoms with van der Waals surface area (Å²) in [5.41, 5.74) is -0.765. The summed E-state index contributed by atoms with van der Waals surface area (Å²) in [7, 11) is 0. The number of allylic oxidation sites excluding steroid dienone is 2. The molecule has 1 N–H and O–H groups in total. The maximum atomic E-state index is 10.1. The topological polar surface area (TPSA) is 33.4 Å². The van der Waals surface area contributed by atoms with E-state index in [2.05, 4.69) is 0 Å². The molecule has 1 heterocycles. The van der Waals surface area contributed by atoms with Crippen LogP contribution in [-0.4, -0.2) is 10.7 Å². The molecule has 74 valence electrons. The molecule has 0 aromatic carbocycles. The Hall–Kier alpha value is -1.28. The van der Waals surface area contributed by atoms with Gasteiger partial charge in [-0.2, -0.15) is 0 Å². The Balaban J connectivity index is 2.10. The highest BCUT2D eigenvalue weighted by molar-refractivity contribution is 5.21. The van der Waals surface area contributed by atoms with Gasteiger partial charge in [0.05, 0.1) is 5.60 Å². The molecule has 1 aliphatic rings. The maximum absolute atomic E-state index is 10.1. The minimum absolute atomic E-state index is 0.543. The van der Waals surface area contributed by atoms with Gasteiger partial charge >= 0.3 is 0 Å². The number of aryl methyl sites for hydroxylation is 1. The van der Waals surface area contributed by atoms with Crippen LogP contribution in [0, 0.1) is 6.92 Å². The molecule has 2 rings (SSSR count). The lowest BCUT2D eigenvalue weighted by atomic mass is 9.91. The molecular formula is C12H14O2. The van der Waals surface area contributed by atoms with E-state index >= 15 is 0 Å². The minimum atomic E-state index is -0.765. The van der Waals surface area contributed by atoms with Crippen molar-refractivity contribution in [2.75, 3.05) is 0 Å². The molecule has 1 aromatic rings. The van der Waals surface area contributed by atoms with Crippen LogP contribution in [0.3, 0.4) is 0 Å². The van der Waals surface area contributed by atoms with Gasteiger partial charge in [-0.05, 0) is 25.5 Å². The number of aliphatic hydroxyl groups is 1. The van der Waals surface area contributed by atoms with Crippen molar-refractivity contribution in [2.24, 2.45) is 0 Å². The zero-order valence-electron chi connectivity index (χ0n) is 8.23. The summed E-state index contributed by atoms with van der Waals surface area (Å²) in [5.74, 6) is 1.73. The first kappa shape index (κ1) is 9.28. The summed E-state index contributed by atoms with van der Waals surface area (Å²) >= 11 is 0. The fourth-order valence-corrected chi connectivity index (χ4v) is 1.67. The van der Waals surface area contributed by atoms with E-state index in [1.165, 1.54) is 0 Å². The van der Waals surface area contributed by atoms with Crippen molar-refractivity contribution in [3.63, 3.8) is 0 Å². The lowest BCUT2D eigenvalue weighted by Crippen LogP contribution is -2.28. The largest absolute Gasteiger partial charge is 0.466 e. The first-order chi connectivity index (χ1) is 6.68. The molecule has 0 fully saturated rings. The summed E-state index contributed by atoms with van der Waals surface area (Å²) in [6, 6.07) is 3.83. The van der Waals surface area contributed by atoms with Crippen LogP contribution in [0.4, 0.5) is 0 Å². The molecule has 2 heteroatoms. The quantitative estimate of drug-likeness (QED) is 0.776. The molecule has 0 spiro atoms. The summed E-state index contributed by atoms with van der Waals surface area (Å²) in [6.07, 6.45) is 8.81. The van der Waals surface area contributed by atoms with Crippen LogP contribution in [0.25, 0.3) is 0 Å². The van der Waals surface area contributed by atoms with Gasteiger partial charge in [-0.15, -0.1) is 0 Å². The van der Waals surface area contributed by atoms with Gasteiger partial charge in [0.1, 0.15) is 11.5 Å². The van der Waals surface area contributed by atoms with Gasteiger partial charge in [-0.25, -0.2) is 0 Å². The summed E-state index contributed by atoms with van der Waals surface area (Å²) in [5, 5.41) is 10.1. The fraction of sp³-hybridized carbons (Fsp3) is 0.333. The molecule has 0 saturated carbocycles. The van der Waals surface area contributed by atoms with Crippen molar-refractivity contribution >= 4 is 0 Å². The fourth-order valence-electron chi connectivity index (χ4n) is 1.67. The van der Waals surface area contributed by atoms with E-state index in [0.717, 1.165) is 11.5 Å². The first-order valence-corrected chi connectivity index (χ1v) is 4.80. The second-order valence-electron chi connectivity index (χ2n) is 3.78. The average molecular weight is 190 g/mol. The van der Waals surface area contributed by atoms with Gasteiger partial charge in [-0.3, -0.25) is 0 Å². The molecule has 14 heavy (non-hydrogen) atoms. The average Bonchev–Trinajstić information content (AvgIpc) is 2.51. The number of rotatable bonds is 2. The monoisotopic (exact) mass is 190 g/mol. The van der Waals surface area contributed by atoms with E-state index in [4.69, 9.17) is 4.42 Å². The number of furan rings is 1. The Kier molecular flexibility index (Phi) is 2.30. The van der Waals surface area contributed by atoms with Crippen molar-refractivity contribution < 1.29 is 9.52 Å². The van der Waals surface area contributed by atoms with E-state index in [1.807, 2.05) is 43.4 Å². The smallest absolute Gasteiger partial charge is 0.107 e. The molecule has 0 bridgehead atoms. The Morgan fingerprint density at radius 1 is 1.43 bits per heavy atom. The maximum Gasteiger partial charge on any atom is 0.107 e. The third kappa shape index (κ3) is 1.96. The third-order valence-electron chi connectivity index (χ3n) is 2.40. The second kappa shape index (κ2) is 3.46. The molecule has 1 unspecified atom stereocenters. The summed E-state index contributed by atoms with van der Waals surface area (Å²) in [4.78, 5) is 0. The number of hydrogen-bond acceptors (Lipinski definition) is 2. The molecule has 1 aromatic heterocycles. The van der Waals surface area contributed by atoms with E-state index in [-0.39, 0.29) is 0 Å². The van der Waals surface area contributed by atoms with Crippen molar-refractivity contribution in [1.82, 2.24) is 0 Å². The van der Waals surface area contributed by atoms with Crippen LogP contribution < -0.4 is 0 Å². The van der Waals surface area contributed by atoms with Crippen LogP contribution in [0.1, 0.15) is 17.9 Å². The van der Waals surface area contributed by atoms with Crippen LogP contribution in [0.15, 0.2) is 40.9 Å². The Bertz CT molecular complexity index is 373. The molecule has 2 nitrogen and oxygen atoms in total. The minimum Gasteiger partial charge on any atom is -0.466 e. The molecular weight excluding hydrogens is 176 g/mol. The van der Waals surface area contributed by atoms with Crippen LogP contribution >= 0.6 is 0 Å². The predicted molar refractivity (Wildman–Crippen MR) is 55.0 cm³/mol. The summed E-state index contributed by atoms with van der Waals surface area (Å²) < 4.78 is 5.43. The zero-order valence-corrected chi connectivity index (χ0v) is 8.23. The Labute approximate surface area is 83.6 Å². The highest BCUT2D eigenvalue weighted by atomic mass is 16.3. The van der Waals surface area contributed by atoms with Crippen LogP contribution in [-0.2, 0) is 6.42 Å². The SMILES string of the molecule is Cc1ccc(CC2(O)C=CC=CC2)o1. The Morgan fingerprint density at radius 2 is 2.29 bits per heavy atom. The lowest BCUT2D eigenvalue weighted by Gasteiger charge is -2.23. The normalized spacial score (nSPS) is 25.6. The van der Waals surface area contributed by atoms with E-state index in [1.54, 1.807) is 0 Å². The van der Waals surface area contributed by atoms with E-state index < -0.39 is 5.60 Å². The standard InChI is InChI=1S/C12H14O2/c1-10-5-6-11(14-10)9-12(13)7-3-2-4-8-12/h2-7,13H,8-9H2,1H3. The highest BCUT2D eigenvalue weighted by Gasteiger charge is 2.25. The molecule has 1 atom stereocenters. The van der Waals surface area contributed by atoms with Gasteiger partial charge in [-0.1, -0.05) is 24.3 Å². The zero-order chi connectivity index (χ0) is 10.0. The molecule has 0 radical (unpaired) electrons. The van der Waals surface area contributed by atoms with Gasteiger partial charge in [0.25, 0.3) is 0 Å². The summed E-state index contributed by atoms with van der Waals surface area (Å²) in [6.45, 7) is 1.91. The highest BCUT2D eigenvalue weighted by Crippen LogP contribution is 2.23. The van der Waals surface area contributed by atoms with Gasteiger partial charge in [0, 0.05) is 6.42 Å². The van der Waals surface area contributed by atoms with Crippen LogP contribution in [0.2, 0.25) is 0 Å². The third-order valence-corrected chi connectivity index (χ3v) is 2.40. The van der Waals surface area contributed by atoms with Gasteiger partial charge < -0.3 is 9.52 Å². The second-order valence-corrected chi connectivity index (χ2v) is 3.78. The lowest BCUT2D eigenvalue weighted by molar-refractivity contribution is 0.0873. The Morgan fingerprint density at radius 3 is 2.86 bits per heavy atom. The van der Waals surface area contributed by atoms with E-state index in [0.29, 0.717) is 12.8 Å². The molecule has 0 amide bonds. The van der Waals surface area contributed by atoms with E-state index in [9.17, 15) is 5.11 Å². The molecule has 0 aliphatic heterocycles. The predicted octanol–water partition coefficient (Wildman–Crippen LogP) is 2.38. The van der Waals surface area contributed by atoms with Crippen molar-refractivity contribution in [2.45, 2.75) is 25.4 Å². The van der Waals surface area contributed by atoms with Crippen molar-refractivity contribution in [1.29, 1.82) is 0 Å². The number of hydrogen-bond donors (Lipinski definition) is 1. The first-order valence-electron chi connectivity index (χ1n) is 4.80. The van der Waals surface area contributed by atoms with Crippen molar-refractivity contribution in [3.05, 3.63) is 48.0 Å². The van der Waals surface area contributed by atoms with Crippen LogP contribution in [0.5, 0.6) is 0 Å². The molecule has 0 saturated heterocycles. The molecule has 1 aliphatic carbocycles. The van der Waals surface area contributed by atoms with Gasteiger partial charge in [0.2, 0.25) is 0 Å².